The number of rotatable bonds is 5. The summed E-state index contributed by atoms with van der Waals surface area (Å²) in [6.07, 6.45) is 3.92. The van der Waals surface area contributed by atoms with Gasteiger partial charge in [-0.2, -0.15) is 0 Å². The third-order valence-corrected chi connectivity index (χ3v) is 4.29. The number of aromatic amines is 1. The Kier molecular flexibility index (Phi) is 4.93. The lowest BCUT2D eigenvalue weighted by Gasteiger charge is -2.00. The Hall–Kier alpha value is -2.04. The van der Waals surface area contributed by atoms with Crippen molar-refractivity contribution in [2.45, 2.75) is 10.9 Å². The number of benzene rings is 2. The van der Waals surface area contributed by atoms with Gasteiger partial charge in [0.1, 0.15) is 5.82 Å². The molecule has 0 amide bonds. The monoisotopic (exact) mass is 327 g/mol. The number of aromatic nitrogens is 3. The minimum atomic E-state index is 0.715. The van der Waals surface area contributed by atoms with Gasteiger partial charge < -0.3 is 0 Å². The lowest BCUT2D eigenvalue weighted by Crippen LogP contribution is -1.83. The van der Waals surface area contributed by atoms with Crippen molar-refractivity contribution in [3.63, 3.8) is 0 Å². The summed E-state index contributed by atoms with van der Waals surface area (Å²) in [5, 5.41) is 8.62. The third-order valence-electron chi connectivity index (χ3n) is 3.03. The number of H-pyrrole nitrogens is 1. The van der Waals surface area contributed by atoms with Crippen molar-refractivity contribution in [2.75, 3.05) is 0 Å². The molecule has 1 heterocycles. The van der Waals surface area contributed by atoms with Crippen LogP contribution in [-0.2, 0) is 5.75 Å². The van der Waals surface area contributed by atoms with Gasteiger partial charge in [-0.1, -0.05) is 78.0 Å². The molecule has 0 saturated heterocycles. The van der Waals surface area contributed by atoms with Gasteiger partial charge in [0, 0.05) is 10.8 Å². The van der Waals surface area contributed by atoms with E-state index in [2.05, 4.69) is 15.2 Å². The highest BCUT2D eigenvalue weighted by atomic mass is 35.5. The highest BCUT2D eigenvalue weighted by molar-refractivity contribution is 7.98. The fraction of sp³-hybridized carbons (Fsp3) is 0.0588. The van der Waals surface area contributed by atoms with Gasteiger partial charge in [0.2, 0.25) is 5.16 Å². The number of hydrogen-bond acceptors (Lipinski definition) is 3. The molecule has 110 valence electrons. The highest BCUT2D eigenvalue weighted by Crippen LogP contribution is 2.24. The molecule has 1 aromatic heterocycles. The maximum atomic E-state index is 6.14. The molecule has 0 atom stereocenters. The number of hydrogen-bond donors (Lipinski definition) is 1. The van der Waals surface area contributed by atoms with Crippen LogP contribution in [0, 0.1) is 0 Å². The Morgan fingerprint density at radius 2 is 1.77 bits per heavy atom. The second-order valence-corrected chi connectivity index (χ2v) is 5.98. The van der Waals surface area contributed by atoms with E-state index < -0.39 is 0 Å². The van der Waals surface area contributed by atoms with Crippen LogP contribution in [0.3, 0.4) is 0 Å². The molecule has 0 aliphatic carbocycles. The first kappa shape index (κ1) is 14.9. The first-order valence-electron chi connectivity index (χ1n) is 6.83. The summed E-state index contributed by atoms with van der Waals surface area (Å²) < 4.78 is 0. The van der Waals surface area contributed by atoms with Gasteiger partial charge >= 0.3 is 0 Å². The van der Waals surface area contributed by atoms with Crippen molar-refractivity contribution in [3.05, 3.63) is 76.6 Å². The van der Waals surface area contributed by atoms with Crippen LogP contribution >= 0.6 is 23.4 Å². The van der Waals surface area contributed by atoms with E-state index in [0.717, 1.165) is 27.7 Å². The van der Waals surface area contributed by atoms with Crippen LogP contribution in [-0.4, -0.2) is 15.2 Å². The molecule has 0 radical (unpaired) electrons. The van der Waals surface area contributed by atoms with Gasteiger partial charge in [0.05, 0.1) is 0 Å². The Balaban J connectivity index is 1.62. The molecule has 0 bridgehead atoms. The van der Waals surface area contributed by atoms with Crippen molar-refractivity contribution < 1.29 is 0 Å². The van der Waals surface area contributed by atoms with Crippen LogP contribution in [0.5, 0.6) is 0 Å². The molecule has 3 aromatic rings. The molecule has 2 aromatic carbocycles. The first-order valence-corrected chi connectivity index (χ1v) is 8.19. The normalized spacial score (nSPS) is 11.1. The van der Waals surface area contributed by atoms with E-state index in [1.807, 2.05) is 66.7 Å². The SMILES string of the molecule is Clc1ccccc1CSc1n[nH]c(/C=C/c2ccccc2)n1. The summed E-state index contributed by atoms with van der Waals surface area (Å²) in [4.78, 5) is 4.44. The number of nitrogens with zero attached hydrogens (tertiary/aromatic N) is 2. The predicted octanol–water partition coefficient (Wildman–Crippen LogP) is 4.92. The van der Waals surface area contributed by atoms with E-state index in [4.69, 9.17) is 11.6 Å². The lowest BCUT2D eigenvalue weighted by atomic mass is 10.2. The average molecular weight is 328 g/mol. The van der Waals surface area contributed by atoms with Gasteiger partial charge in [-0.15, -0.1) is 5.10 Å². The molecule has 3 rings (SSSR count). The number of halogens is 1. The zero-order chi connectivity index (χ0) is 15.2. The fourth-order valence-corrected chi connectivity index (χ4v) is 2.99. The van der Waals surface area contributed by atoms with Gasteiger partial charge in [0.25, 0.3) is 0 Å². The van der Waals surface area contributed by atoms with Gasteiger partial charge in [0.15, 0.2) is 0 Å². The van der Waals surface area contributed by atoms with Gasteiger partial charge in [-0.25, -0.2) is 4.98 Å². The van der Waals surface area contributed by atoms with E-state index in [-0.39, 0.29) is 0 Å². The van der Waals surface area contributed by atoms with Crippen LogP contribution in [0.25, 0.3) is 12.2 Å². The van der Waals surface area contributed by atoms with Crippen molar-refractivity contribution in [1.29, 1.82) is 0 Å². The summed E-state index contributed by atoms with van der Waals surface area (Å²) in [5.41, 5.74) is 2.21. The lowest BCUT2D eigenvalue weighted by molar-refractivity contribution is 0.972. The molecular formula is C17H14ClN3S. The van der Waals surface area contributed by atoms with Crippen LogP contribution in [0.15, 0.2) is 59.8 Å². The Labute approximate surface area is 138 Å². The van der Waals surface area contributed by atoms with E-state index in [1.54, 1.807) is 11.8 Å². The van der Waals surface area contributed by atoms with Gasteiger partial charge in [-0.05, 0) is 23.3 Å². The molecule has 0 aliphatic rings. The topological polar surface area (TPSA) is 41.6 Å². The summed E-state index contributed by atoms with van der Waals surface area (Å²) in [7, 11) is 0. The summed E-state index contributed by atoms with van der Waals surface area (Å²) in [5.74, 6) is 1.49. The van der Waals surface area contributed by atoms with Crippen LogP contribution in [0.1, 0.15) is 17.0 Å². The second kappa shape index (κ2) is 7.29. The van der Waals surface area contributed by atoms with Crippen LogP contribution in [0.2, 0.25) is 5.02 Å². The zero-order valence-corrected chi connectivity index (χ0v) is 13.3. The van der Waals surface area contributed by atoms with Crippen molar-refractivity contribution in [2.24, 2.45) is 0 Å². The minimum Gasteiger partial charge on any atom is -0.259 e. The number of nitrogens with one attached hydrogen (secondary N) is 1. The molecule has 22 heavy (non-hydrogen) atoms. The second-order valence-electron chi connectivity index (χ2n) is 4.63. The molecule has 0 aliphatic heterocycles. The number of thioether (sulfide) groups is 1. The molecular weight excluding hydrogens is 314 g/mol. The van der Waals surface area contributed by atoms with Crippen molar-refractivity contribution >= 4 is 35.5 Å². The Bertz CT molecular complexity index is 768. The highest BCUT2D eigenvalue weighted by Gasteiger charge is 2.04. The third kappa shape index (κ3) is 4.00. The summed E-state index contributed by atoms with van der Waals surface area (Å²) in [6, 6.07) is 17.9. The van der Waals surface area contributed by atoms with E-state index in [1.165, 1.54) is 0 Å². The molecule has 0 fully saturated rings. The fourth-order valence-electron chi connectivity index (χ4n) is 1.89. The average Bonchev–Trinajstić information content (AvgIpc) is 3.01. The first-order chi connectivity index (χ1) is 10.8. The predicted molar refractivity (Wildman–Crippen MR) is 92.8 cm³/mol. The Morgan fingerprint density at radius 3 is 2.59 bits per heavy atom. The summed E-state index contributed by atoms with van der Waals surface area (Å²) in [6.45, 7) is 0. The van der Waals surface area contributed by atoms with E-state index in [9.17, 15) is 0 Å². The summed E-state index contributed by atoms with van der Waals surface area (Å²) >= 11 is 7.70. The molecule has 3 nitrogen and oxygen atoms in total. The largest absolute Gasteiger partial charge is 0.259 e. The maximum absolute atomic E-state index is 6.14. The van der Waals surface area contributed by atoms with E-state index >= 15 is 0 Å². The Morgan fingerprint density at radius 1 is 1.00 bits per heavy atom. The molecule has 0 saturated carbocycles. The smallest absolute Gasteiger partial charge is 0.209 e. The molecule has 0 spiro atoms. The standard InChI is InChI=1S/C17H14ClN3S/c18-15-9-5-4-8-14(15)12-22-17-19-16(20-21-17)11-10-13-6-2-1-3-7-13/h1-11H,12H2,(H,19,20,21)/b11-10+. The maximum Gasteiger partial charge on any atom is 0.209 e. The van der Waals surface area contributed by atoms with Crippen molar-refractivity contribution in [1.82, 2.24) is 15.2 Å². The van der Waals surface area contributed by atoms with Crippen LogP contribution in [0.4, 0.5) is 0 Å². The minimum absolute atomic E-state index is 0.715. The zero-order valence-electron chi connectivity index (χ0n) is 11.7. The van der Waals surface area contributed by atoms with Crippen molar-refractivity contribution in [3.8, 4) is 0 Å². The quantitative estimate of drug-likeness (QED) is 0.676. The molecule has 5 heteroatoms. The van der Waals surface area contributed by atoms with E-state index in [0.29, 0.717) is 5.16 Å². The van der Waals surface area contributed by atoms with Crippen LogP contribution < -0.4 is 0 Å². The molecule has 0 unspecified atom stereocenters. The molecule has 1 N–H and O–H groups in total. The van der Waals surface area contributed by atoms with Gasteiger partial charge in [-0.3, -0.25) is 5.10 Å².